The lowest BCUT2D eigenvalue weighted by molar-refractivity contribution is 0.0533. The fraction of sp³-hybridized carbons (Fsp3) is 1.00. The molecule has 0 unspecified atom stereocenters. The molecule has 0 aromatic rings. The van der Waals surface area contributed by atoms with Crippen LogP contribution in [0.25, 0.3) is 0 Å². The summed E-state index contributed by atoms with van der Waals surface area (Å²) in [6.45, 7) is 4.22. The number of nitrogens with zero attached hydrogens (tertiary/aromatic N) is 1. The Labute approximate surface area is 57.8 Å². The van der Waals surface area contributed by atoms with Crippen molar-refractivity contribution < 1.29 is 4.74 Å². The zero-order valence-corrected chi connectivity index (χ0v) is 7.01. The van der Waals surface area contributed by atoms with E-state index in [0.717, 1.165) is 0 Å². The molecule has 0 saturated heterocycles. The van der Waals surface area contributed by atoms with E-state index >= 15 is 0 Å². The first-order valence-electron chi connectivity index (χ1n) is 3.28. The van der Waals surface area contributed by atoms with Crippen molar-refractivity contribution >= 4 is 0 Å². The number of ether oxygens (including phenoxy) is 1. The molecule has 0 aromatic carbocycles. The lowest BCUT2D eigenvalue weighted by atomic mass is 10.2. The smallest absolute Gasteiger partial charge is 0.0695 e. The van der Waals surface area contributed by atoms with Crippen LogP contribution in [0.2, 0.25) is 0 Å². The van der Waals surface area contributed by atoms with Crippen LogP contribution in [0, 0.1) is 0 Å². The molecule has 0 saturated carbocycles. The van der Waals surface area contributed by atoms with Crippen LogP contribution in [0.15, 0.2) is 0 Å². The maximum absolute atomic E-state index is 5.13. The van der Waals surface area contributed by atoms with Crippen LogP contribution in [0.4, 0.5) is 0 Å². The van der Waals surface area contributed by atoms with E-state index in [-0.39, 0.29) is 0 Å². The molecule has 2 heteroatoms. The quantitative estimate of drug-likeness (QED) is 0.566. The summed E-state index contributed by atoms with van der Waals surface area (Å²) in [7, 11) is 5.85. The minimum Gasteiger partial charge on any atom is -0.380 e. The van der Waals surface area contributed by atoms with Gasteiger partial charge in [0, 0.05) is 13.2 Å². The number of methoxy groups -OCH3 is 1. The van der Waals surface area contributed by atoms with Crippen LogP contribution in [0.3, 0.4) is 0 Å². The predicted octanol–water partition coefficient (Wildman–Crippen LogP) is 0.971. The second-order valence-electron chi connectivity index (χ2n) is 2.65. The van der Waals surface area contributed by atoms with Crippen LogP contribution < -0.4 is 0 Å². The van der Waals surface area contributed by atoms with Crippen molar-refractivity contribution in [2.75, 3.05) is 21.2 Å². The van der Waals surface area contributed by atoms with Gasteiger partial charge in [0.2, 0.25) is 0 Å². The summed E-state index contributed by atoms with van der Waals surface area (Å²) in [5.74, 6) is 0. The molecule has 0 fully saturated rings. The molecule has 0 heterocycles. The van der Waals surface area contributed by atoms with E-state index in [0.29, 0.717) is 12.1 Å². The van der Waals surface area contributed by atoms with Crippen molar-refractivity contribution in [2.24, 2.45) is 0 Å². The molecule has 0 bridgehead atoms. The van der Waals surface area contributed by atoms with Crippen molar-refractivity contribution in [3.8, 4) is 0 Å². The number of hydrogen-bond acceptors (Lipinski definition) is 2. The monoisotopic (exact) mass is 131 g/mol. The maximum atomic E-state index is 5.13. The van der Waals surface area contributed by atoms with Gasteiger partial charge in [-0.2, -0.15) is 0 Å². The third-order valence-corrected chi connectivity index (χ3v) is 1.87. The van der Waals surface area contributed by atoms with Crippen LogP contribution in [0.5, 0.6) is 0 Å². The van der Waals surface area contributed by atoms with Crippen molar-refractivity contribution in [2.45, 2.75) is 26.0 Å². The first kappa shape index (κ1) is 8.92. The zero-order chi connectivity index (χ0) is 7.44. The fourth-order valence-electron chi connectivity index (χ4n) is 0.617. The molecule has 0 N–H and O–H groups in total. The molecule has 0 aliphatic carbocycles. The minimum absolute atomic E-state index is 0.319. The van der Waals surface area contributed by atoms with Gasteiger partial charge in [0.1, 0.15) is 0 Å². The highest BCUT2D eigenvalue weighted by Crippen LogP contribution is 2.00. The zero-order valence-electron chi connectivity index (χ0n) is 7.01. The van der Waals surface area contributed by atoms with Gasteiger partial charge < -0.3 is 9.64 Å². The number of hydrogen-bond donors (Lipinski definition) is 0. The topological polar surface area (TPSA) is 12.5 Å². The van der Waals surface area contributed by atoms with E-state index in [4.69, 9.17) is 4.74 Å². The van der Waals surface area contributed by atoms with Gasteiger partial charge in [0.25, 0.3) is 0 Å². The first-order valence-corrected chi connectivity index (χ1v) is 3.28. The molecule has 9 heavy (non-hydrogen) atoms. The van der Waals surface area contributed by atoms with Gasteiger partial charge in [-0.25, -0.2) is 0 Å². The lowest BCUT2D eigenvalue weighted by Gasteiger charge is -2.24. The van der Waals surface area contributed by atoms with Gasteiger partial charge in [0.05, 0.1) is 6.10 Å². The molecule has 56 valence electrons. The summed E-state index contributed by atoms with van der Waals surface area (Å²) < 4.78 is 5.13. The lowest BCUT2D eigenvalue weighted by Crippen LogP contribution is -2.35. The van der Waals surface area contributed by atoms with Crippen LogP contribution in [-0.2, 0) is 4.74 Å². The molecule has 2 nitrogen and oxygen atoms in total. The Bertz CT molecular complexity index is 73.3. The van der Waals surface area contributed by atoms with Crippen LogP contribution >= 0.6 is 0 Å². The molecule has 0 rings (SSSR count). The molecule has 0 aliphatic rings. The summed E-state index contributed by atoms with van der Waals surface area (Å²) >= 11 is 0. The molecule has 0 radical (unpaired) electrons. The summed E-state index contributed by atoms with van der Waals surface area (Å²) in [6, 6.07) is 0.495. The second-order valence-corrected chi connectivity index (χ2v) is 2.65. The van der Waals surface area contributed by atoms with Crippen LogP contribution in [-0.4, -0.2) is 38.3 Å². The molecule has 2 atom stereocenters. The van der Waals surface area contributed by atoms with Crippen molar-refractivity contribution in [3.05, 3.63) is 0 Å². The Balaban J connectivity index is 3.58. The van der Waals surface area contributed by atoms with E-state index in [1.807, 2.05) is 0 Å². The third kappa shape index (κ3) is 2.82. The molecule has 0 aromatic heterocycles. The Kier molecular flexibility index (Phi) is 3.82. The van der Waals surface area contributed by atoms with Crippen molar-refractivity contribution in [1.29, 1.82) is 0 Å². The molecule has 0 spiro atoms. The summed E-state index contributed by atoms with van der Waals surface area (Å²) in [5.41, 5.74) is 0. The van der Waals surface area contributed by atoms with E-state index < -0.39 is 0 Å². The fourth-order valence-corrected chi connectivity index (χ4v) is 0.617. The number of rotatable bonds is 3. The van der Waals surface area contributed by atoms with E-state index in [1.165, 1.54) is 0 Å². The van der Waals surface area contributed by atoms with Crippen LogP contribution in [0.1, 0.15) is 13.8 Å². The van der Waals surface area contributed by atoms with Gasteiger partial charge in [-0.15, -0.1) is 0 Å². The standard InChI is InChI=1S/C7H17NO/c1-6(8(3)4)7(2)9-5/h6-7H,1-5H3/t6-,7+/m1/s1. The highest BCUT2D eigenvalue weighted by atomic mass is 16.5. The summed E-state index contributed by atoms with van der Waals surface area (Å²) in [5, 5.41) is 0. The maximum Gasteiger partial charge on any atom is 0.0695 e. The van der Waals surface area contributed by atoms with Gasteiger partial charge in [-0.3, -0.25) is 0 Å². The van der Waals surface area contributed by atoms with E-state index in [2.05, 4.69) is 32.8 Å². The first-order chi connectivity index (χ1) is 4.09. The van der Waals surface area contributed by atoms with E-state index in [9.17, 15) is 0 Å². The largest absolute Gasteiger partial charge is 0.380 e. The van der Waals surface area contributed by atoms with Gasteiger partial charge in [0.15, 0.2) is 0 Å². The van der Waals surface area contributed by atoms with Gasteiger partial charge >= 0.3 is 0 Å². The SMILES string of the molecule is CO[C@@H](C)[C@@H](C)N(C)C. The Morgan fingerprint density at radius 3 is 1.78 bits per heavy atom. The molecular formula is C7H17NO. The Morgan fingerprint density at radius 2 is 1.67 bits per heavy atom. The highest BCUT2D eigenvalue weighted by Gasteiger charge is 2.11. The van der Waals surface area contributed by atoms with E-state index in [1.54, 1.807) is 7.11 Å². The summed E-state index contributed by atoms with van der Waals surface area (Å²) in [6.07, 6.45) is 0.319. The average molecular weight is 131 g/mol. The number of likely N-dealkylation sites (N-methyl/N-ethyl adjacent to an activating group) is 1. The second kappa shape index (κ2) is 3.85. The van der Waals surface area contributed by atoms with Crippen molar-refractivity contribution in [1.82, 2.24) is 4.90 Å². The van der Waals surface area contributed by atoms with Gasteiger partial charge in [-0.1, -0.05) is 0 Å². The van der Waals surface area contributed by atoms with Gasteiger partial charge in [-0.05, 0) is 27.9 Å². The highest BCUT2D eigenvalue weighted by molar-refractivity contribution is 4.66. The molecular weight excluding hydrogens is 114 g/mol. The van der Waals surface area contributed by atoms with Crippen molar-refractivity contribution in [3.63, 3.8) is 0 Å². The Morgan fingerprint density at radius 1 is 1.22 bits per heavy atom. The third-order valence-electron chi connectivity index (χ3n) is 1.87. The molecule has 0 amide bonds. The minimum atomic E-state index is 0.319. The Hall–Kier alpha value is -0.0800. The normalized spacial score (nSPS) is 18.0. The molecule has 0 aliphatic heterocycles. The predicted molar refractivity (Wildman–Crippen MR) is 39.6 cm³/mol. The average Bonchev–Trinajstić information content (AvgIpc) is 1.84. The summed E-state index contributed by atoms with van der Waals surface area (Å²) in [4.78, 5) is 2.15.